The Bertz CT molecular complexity index is 1850. The lowest BCUT2D eigenvalue weighted by atomic mass is 9.72. The van der Waals surface area contributed by atoms with E-state index < -0.39 is 0 Å². The van der Waals surface area contributed by atoms with Crippen molar-refractivity contribution in [2.45, 2.75) is 58.0 Å². The Morgan fingerprint density at radius 2 is 1.67 bits per heavy atom. The fourth-order valence-corrected chi connectivity index (χ4v) is 7.73. The number of nitrogens with one attached hydrogen (secondary N) is 1. The van der Waals surface area contributed by atoms with E-state index in [0.717, 1.165) is 18.4 Å². The SMILES string of the molecule is C=C1/C=c2/cccc/c2=C/N(C(NC2=C(C)C=CCC2)C(C)C2=CC3C(C=C2)c2ccccc2C3(C)C)c2ccccc21. The van der Waals surface area contributed by atoms with E-state index in [1.165, 1.54) is 49.7 Å². The molecule has 3 aromatic rings. The molecule has 0 bridgehead atoms. The molecule has 0 amide bonds. The van der Waals surface area contributed by atoms with Gasteiger partial charge < -0.3 is 10.2 Å². The van der Waals surface area contributed by atoms with Crippen molar-refractivity contribution in [3.63, 3.8) is 0 Å². The van der Waals surface area contributed by atoms with Crippen molar-refractivity contribution in [1.29, 1.82) is 0 Å². The summed E-state index contributed by atoms with van der Waals surface area (Å²) in [6.45, 7) is 14.0. The number of rotatable bonds is 5. The Balaban J connectivity index is 1.38. The molecule has 0 radical (unpaired) electrons. The summed E-state index contributed by atoms with van der Waals surface area (Å²) < 4.78 is 0. The van der Waals surface area contributed by atoms with Crippen molar-refractivity contribution < 1.29 is 0 Å². The number of nitrogens with zero attached hydrogens (tertiary/aromatic N) is 1. The number of hydrogen-bond donors (Lipinski definition) is 1. The fraction of sp³-hybridized carbons (Fsp3) is 0.268. The van der Waals surface area contributed by atoms with Gasteiger partial charge in [-0.05, 0) is 81.5 Å². The molecule has 1 N–H and O–H groups in total. The Morgan fingerprint density at radius 3 is 2.51 bits per heavy atom. The highest BCUT2D eigenvalue weighted by Crippen LogP contribution is 2.54. The van der Waals surface area contributed by atoms with E-state index in [4.69, 9.17) is 0 Å². The van der Waals surface area contributed by atoms with Crippen LogP contribution in [-0.2, 0) is 5.41 Å². The summed E-state index contributed by atoms with van der Waals surface area (Å²) in [7, 11) is 0. The minimum Gasteiger partial charge on any atom is -0.368 e. The van der Waals surface area contributed by atoms with Crippen LogP contribution in [0.2, 0.25) is 0 Å². The third kappa shape index (κ3) is 4.74. The maximum atomic E-state index is 4.53. The molecule has 0 aromatic heterocycles. The second-order valence-corrected chi connectivity index (χ2v) is 13.2. The number of benzene rings is 3. The second kappa shape index (κ2) is 10.8. The second-order valence-electron chi connectivity index (χ2n) is 13.2. The molecular weight excluding hydrogens is 520 g/mol. The van der Waals surface area contributed by atoms with Crippen molar-refractivity contribution in [2.24, 2.45) is 11.8 Å². The van der Waals surface area contributed by atoms with Crippen molar-refractivity contribution in [1.82, 2.24) is 5.32 Å². The molecule has 0 fully saturated rings. The summed E-state index contributed by atoms with van der Waals surface area (Å²) in [4.78, 5) is 2.49. The molecule has 1 aliphatic heterocycles. The molecule has 4 atom stereocenters. The Kier molecular flexibility index (Phi) is 6.89. The fourth-order valence-electron chi connectivity index (χ4n) is 7.73. The van der Waals surface area contributed by atoms with Gasteiger partial charge in [0.05, 0.1) is 5.69 Å². The topological polar surface area (TPSA) is 15.3 Å². The molecule has 0 saturated carbocycles. The quantitative estimate of drug-likeness (QED) is 0.338. The maximum Gasteiger partial charge on any atom is 0.110 e. The molecule has 7 rings (SSSR count). The third-order valence-electron chi connectivity index (χ3n) is 10.3. The van der Waals surface area contributed by atoms with Crippen molar-refractivity contribution in [3.8, 4) is 0 Å². The summed E-state index contributed by atoms with van der Waals surface area (Å²) in [5.74, 6) is 1.07. The predicted molar refractivity (Wildman–Crippen MR) is 183 cm³/mol. The zero-order chi connectivity index (χ0) is 29.7. The monoisotopic (exact) mass is 562 g/mol. The van der Waals surface area contributed by atoms with Gasteiger partial charge in [0.1, 0.15) is 6.17 Å². The Hall–Kier alpha value is -4.30. The van der Waals surface area contributed by atoms with Crippen LogP contribution >= 0.6 is 0 Å². The lowest BCUT2D eigenvalue weighted by Crippen LogP contribution is -2.50. The van der Waals surface area contributed by atoms with E-state index >= 15 is 0 Å². The number of allylic oxidation sites excluding steroid dienone is 8. The van der Waals surface area contributed by atoms with Gasteiger partial charge in [-0.15, -0.1) is 0 Å². The summed E-state index contributed by atoms with van der Waals surface area (Å²) in [5, 5.41) is 6.51. The molecule has 216 valence electrons. The molecule has 2 heteroatoms. The minimum absolute atomic E-state index is 0.00380. The van der Waals surface area contributed by atoms with E-state index in [-0.39, 0.29) is 17.5 Å². The van der Waals surface area contributed by atoms with E-state index in [1.54, 1.807) is 0 Å². The van der Waals surface area contributed by atoms with Gasteiger partial charge in [-0.2, -0.15) is 0 Å². The van der Waals surface area contributed by atoms with Crippen LogP contribution in [0.25, 0.3) is 17.8 Å². The van der Waals surface area contributed by atoms with Gasteiger partial charge in [0.2, 0.25) is 0 Å². The average Bonchev–Trinajstić information content (AvgIpc) is 3.25. The molecule has 3 aromatic carbocycles. The molecule has 1 heterocycles. The average molecular weight is 563 g/mol. The van der Waals surface area contributed by atoms with Crippen molar-refractivity contribution >= 4 is 23.5 Å². The highest BCUT2D eigenvalue weighted by molar-refractivity contribution is 5.93. The van der Waals surface area contributed by atoms with Gasteiger partial charge in [-0.1, -0.05) is 124 Å². The Labute approximate surface area is 256 Å². The zero-order valence-electron chi connectivity index (χ0n) is 25.8. The van der Waals surface area contributed by atoms with Crippen LogP contribution in [-0.4, -0.2) is 6.17 Å². The zero-order valence-corrected chi connectivity index (χ0v) is 25.8. The number of anilines is 1. The first kappa shape index (κ1) is 27.5. The van der Waals surface area contributed by atoms with Crippen molar-refractivity contribution in [3.05, 3.63) is 154 Å². The molecular formula is C41H42N2. The summed E-state index contributed by atoms with van der Waals surface area (Å²) in [6.07, 6.45) is 18.7. The van der Waals surface area contributed by atoms with Crippen LogP contribution in [0.4, 0.5) is 5.69 Å². The van der Waals surface area contributed by atoms with Crippen LogP contribution in [0.3, 0.4) is 0 Å². The maximum absolute atomic E-state index is 4.53. The summed E-state index contributed by atoms with van der Waals surface area (Å²) >= 11 is 0. The highest BCUT2D eigenvalue weighted by atomic mass is 15.3. The molecule has 43 heavy (non-hydrogen) atoms. The predicted octanol–water partition coefficient (Wildman–Crippen LogP) is 8.10. The van der Waals surface area contributed by atoms with Gasteiger partial charge in [0.25, 0.3) is 0 Å². The lowest BCUT2D eigenvalue weighted by molar-refractivity contribution is 0.382. The number of para-hydroxylation sites is 1. The summed E-state index contributed by atoms with van der Waals surface area (Å²) in [6, 6.07) is 26.5. The first-order valence-corrected chi connectivity index (χ1v) is 15.8. The van der Waals surface area contributed by atoms with Gasteiger partial charge in [-0.3, -0.25) is 0 Å². The molecule has 0 saturated heterocycles. The summed E-state index contributed by atoms with van der Waals surface area (Å²) in [5.41, 5.74) is 10.5. The van der Waals surface area contributed by atoms with Crippen LogP contribution in [0.15, 0.2) is 127 Å². The molecule has 0 spiro atoms. The standard InChI is InChI=1S/C41H42N2/c1-27-14-6-12-20-38(27)42-40(29(3)30-22-23-35-34-18-9-11-19-36(34)41(4,5)37(35)25-30)43-26-32-16-8-7-15-31(32)24-28(2)33-17-10-13-21-39(33)43/h6-11,13-19,21-26,29,35,37,40,42H,2,12,20H2,1,3-5H3/b31-24-,32-26-. The smallest absolute Gasteiger partial charge is 0.110 e. The molecule has 3 aliphatic carbocycles. The first-order chi connectivity index (χ1) is 20.8. The third-order valence-corrected chi connectivity index (χ3v) is 10.3. The number of hydrogen-bond acceptors (Lipinski definition) is 2. The van der Waals surface area contributed by atoms with Crippen LogP contribution in [0, 0.1) is 11.8 Å². The normalized spacial score (nSPS) is 24.5. The van der Waals surface area contributed by atoms with Gasteiger partial charge in [-0.25, -0.2) is 0 Å². The van der Waals surface area contributed by atoms with Crippen LogP contribution < -0.4 is 20.7 Å². The van der Waals surface area contributed by atoms with E-state index in [9.17, 15) is 0 Å². The minimum atomic E-state index is -0.00380. The largest absolute Gasteiger partial charge is 0.368 e. The van der Waals surface area contributed by atoms with Crippen LogP contribution in [0.5, 0.6) is 0 Å². The highest BCUT2D eigenvalue weighted by Gasteiger charge is 2.45. The number of fused-ring (bicyclic) bond motifs is 5. The van der Waals surface area contributed by atoms with E-state index in [1.807, 2.05) is 0 Å². The van der Waals surface area contributed by atoms with Gasteiger partial charge in [0.15, 0.2) is 0 Å². The molecule has 2 nitrogen and oxygen atoms in total. The van der Waals surface area contributed by atoms with Gasteiger partial charge in [0, 0.05) is 29.3 Å². The molecule has 4 aliphatic rings. The lowest BCUT2D eigenvalue weighted by Gasteiger charge is -2.41. The van der Waals surface area contributed by atoms with E-state index in [2.05, 4.69) is 160 Å². The Morgan fingerprint density at radius 1 is 0.930 bits per heavy atom. The van der Waals surface area contributed by atoms with E-state index in [0.29, 0.717) is 11.8 Å². The van der Waals surface area contributed by atoms with Crippen LogP contribution in [0.1, 0.15) is 63.1 Å². The van der Waals surface area contributed by atoms with Crippen molar-refractivity contribution in [2.75, 3.05) is 4.90 Å². The van der Waals surface area contributed by atoms with Gasteiger partial charge >= 0.3 is 0 Å². The first-order valence-electron chi connectivity index (χ1n) is 15.8. The molecule has 4 unspecified atom stereocenters.